The number of aromatic nitrogens is 2. The van der Waals surface area contributed by atoms with Crippen LogP contribution in [0.4, 0.5) is 0 Å². The maximum absolute atomic E-state index is 12.6. The lowest BCUT2D eigenvalue weighted by molar-refractivity contribution is -0.140. The van der Waals surface area contributed by atoms with Crippen molar-refractivity contribution in [3.8, 4) is 0 Å². The molecule has 0 aromatic carbocycles. The molecule has 1 unspecified atom stereocenters. The van der Waals surface area contributed by atoms with E-state index in [4.69, 9.17) is 0 Å². The van der Waals surface area contributed by atoms with E-state index in [9.17, 15) is 18.3 Å². The lowest BCUT2D eigenvalue weighted by atomic mass is 10.3. The molecule has 0 amide bonds. The van der Waals surface area contributed by atoms with Gasteiger partial charge in [0, 0.05) is 30.8 Å². The van der Waals surface area contributed by atoms with Crippen molar-refractivity contribution in [2.75, 3.05) is 18.1 Å². The number of rotatable bonds is 4. The Balaban J connectivity index is 2.39. The van der Waals surface area contributed by atoms with Crippen LogP contribution in [0.1, 0.15) is 12.7 Å². The van der Waals surface area contributed by atoms with Crippen molar-refractivity contribution in [3.63, 3.8) is 0 Å². The first-order valence-corrected chi connectivity index (χ1v) is 8.83. The first-order chi connectivity index (χ1) is 9.37. The Morgan fingerprint density at radius 2 is 2.30 bits per heavy atom. The van der Waals surface area contributed by atoms with E-state index in [2.05, 4.69) is 4.98 Å². The van der Waals surface area contributed by atoms with Gasteiger partial charge >= 0.3 is 5.97 Å². The first-order valence-electron chi connectivity index (χ1n) is 6.24. The predicted octanol–water partition coefficient (Wildman–Crippen LogP) is 0.402. The SMILES string of the molecule is CCn1cc(S(=O)(=O)N2CCSCC2C(=O)O)nc1C. The highest BCUT2D eigenvalue weighted by Gasteiger charge is 2.39. The molecule has 0 aliphatic carbocycles. The van der Waals surface area contributed by atoms with Gasteiger partial charge in [-0.1, -0.05) is 0 Å². The van der Waals surface area contributed by atoms with Gasteiger partial charge in [-0.25, -0.2) is 13.4 Å². The summed E-state index contributed by atoms with van der Waals surface area (Å²) in [5, 5.41) is 9.11. The fourth-order valence-electron chi connectivity index (χ4n) is 2.11. The minimum absolute atomic E-state index is 0.0741. The van der Waals surface area contributed by atoms with E-state index in [1.165, 1.54) is 18.0 Å². The summed E-state index contributed by atoms with van der Waals surface area (Å²) in [6.45, 7) is 4.43. The van der Waals surface area contributed by atoms with Gasteiger partial charge in [0.05, 0.1) is 0 Å². The quantitative estimate of drug-likeness (QED) is 0.864. The van der Waals surface area contributed by atoms with Gasteiger partial charge in [0.2, 0.25) is 0 Å². The van der Waals surface area contributed by atoms with Gasteiger partial charge in [0.1, 0.15) is 11.9 Å². The molecule has 0 radical (unpaired) electrons. The number of aliphatic carboxylic acids is 1. The molecule has 7 nitrogen and oxygen atoms in total. The van der Waals surface area contributed by atoms with Gasteiger partial charge < -0.3 is 9.67 Å². The lowest BCUT2D eigenvalue weighted by Gasteiger charge is -2.30. The largest absolute Gasteiger partial charge is 0.480 e. The summed E-state index contributed by atoms with van der Waals surface area (Å²) in [6, 6.07) is -1.02. The van der Waals surface area contributed by atoms with Crippen molar-refractivity contribution in [1.29, 1.82) is 0 Å². The highest BCUT2D eigenvalue weighted by molar-refractivity contribution is 7.99. The average Bonchev–Trinajstić information content (AvgIpc) is 2.80. The Labute approximate surface area is 122 Å². The number of aryl methyl sites for hydroxylation is 2. The van der Waals surface area contributed by atoms with Crippen molar-refractivity contribution in [2.24, 2.45) is 0 Å². The summed E-state index contributed by atoms with van der Waals surface area (Å²) in [6.07, 6.45) is 1.46. The number of hydrogen-bond donors (Lipinski definition) is 1. The van der Waals surface area contributed by atoms with Gasteiger partial charge in [0.25, 0.3) is 10.0 Å². The highest BCUT2D eigenvalue weighted by atomic mass is 32.2. The molecule has 1 aromatic rings. The summed E-state index contributed by atoms with van der Waals surface area (Å²) < 4.78 is 27.9. The normalized spacial score (nSPS) is 21.0. The molecule has 2 heterocycles. The Kier molecular flexibility index (Phi) is 4.40. The van der Waals surface area contributed by atoms with Crippen LogP contribution in [0, 0.1) is 6.92 Å². The third kappa shape index (κ3) is 2.70. The molecule has 9 heteroatoms. The van der Waals surface area contributed by atoms with Gasteiger partial charge in [-0.15, -0.1) is 0 Å². The number of sulfonamides is 1. The second-order valence-electron chi connectivity index (χ2n) is 4.46. The monoisotopic (exact) mass is 319 g/mol. The fraction of sp³-hybridized carbons (Fsp3) is 0.636. The molecule has 0 bridgehead atoms. The summed E-state index contributed by atoms with van der Waals surface area (Å²) in [5.41, 5.74) is 0. The number of carbonyl (C=O) groups is 1. The highest BCUT2D eigenvalue weighted by Crippen LogP contribution is 2.24. The van der Waals surface area contributed by atoms with Crippen LogP contribution in [0.25, 0.3) is 0 Å². The van der Waals surface area contributed by atoms with Gasteiger partial charge in [-0.2, -0.15) is 16.1 Å². The summed E-state index contributed by atoms with van der Waals surface area (Å²) in [7, 11) is -3.86. The van der Waals surface area contributed by atoms with Crippen LogP contribution in [0.5, 0.6) is 0 Å². The van der Waals surface area contributed by atoms with Crippen molar-refractivity contribution < 1.29 is 18.3 Å². The smallest absolute Gasteiger partial charge is 0.322 e. The lowest BCUT2D eigenvalue weighted by Crippen LogP contribution is -2.50. The Morgan fingerprint density at radius 1 is 1.60 bits per heavy atom. The number of carboxylic acid groups (broad SMARTS) is 1. The van der Waals surface area contributed by atoms with Crippen LogP contribution in [-0.4, -0.2) is 57.4 Å². The molecule has 0 saturated carbocycles. The standard InChI is InChI=1S/C11H17N3O4S2/c1-3-13-6-10(12-8(13)2)20(17,18)14-4-5-19-7-9(14)11(15)16/h6,9H,3-5,7H2,1-2H3,(H,15,16). The molecule has 1 aliphatic heterocycles. The maximum atomic E-state index is 12.6. The maximum Gasteiger partial charge on any atom is 0.322 e. The summed E-state index contributed by atoms with van der Waals surface area (Å²) in [4.78, 5) is 15.3. The van der Waals surface area contributed by atoms with Crippen LogP contribution in [0.15, 0.2) is 11.2 Å². The topological polar surface area (TPSA) is 92.5 Å². The molecule has 1 fully saturated rings. The van der Waals surface area contributed by atoms with Crippen molar-refractivity contribution >= 4 is 27.8 Å². The zero-order chi connectivity index (χ0) is 14.9. The molecular formula is C11H17N3O4S2. The molecule has 1 aromatic heterocycles. The van der Waals surface area contributed by atoms with Crippen molar-refractivity contribution in [3.05, 3.63) is 12.0 Å². The zero-order valence-corrected chi connectivity index (χ0v) is 12.9. The number of thioether (sulfide) groups is 1. The molecule has 20 heavy (non-hydrogen) atoms. The Bertz CT molecular complexity index is 611. The average molecular weight is 319 g/mol. The molecule has 1 saturated heterocycles. The van der Waals surface area contributed by atoms with Gasteiger partial charge in [-0.3, -0.25) is 4.79 Å². The minimum atomic E-state index is -3.86. The third-order valence-electron chi connectivity index (χ3n) is 3.23. The van der Waals surface area contributed by atoms with E-state index in [1.54, 1.807) is 11.5 Å². The Morgan fingerprint density at radius 3 is 2.85 bits per heavy atom. The van der Waals surface area contributed by atoms with E-state index in [0.717, 1.165) is 4.31 Å². The molecule has 2 rings (SSSR count). The first kappa shape index (κ1) is 15.3. The summed E-state index contributed by atoms with van der Waals surface area (Å²) in [5.74, 6) is 0.343. The van der Waals surface area contributed by atoms with Crippen molar-refractivity contribution in [2.45, 2.75) is 31.5 Å². The van der Waals surface area contributed by atoms with Crippen LogP contribution >= 0.6 is 11.8 Å². The molecule has 0 spiro atoms. The molecule has 1 aliphatic rings. The van der Waals surface area contributed by atoms with Crippen LogP contribution in [0.3, 0.4) is 0 Å². The van der Waals surface area contributed by atoms with Crippen LogP contribution < -0.4 is 0 Å². The fourth-order valence-corrected chi connectivity index (χ4v) is 4.94. The number of hydrogen-bond acceptors (Lipinski definition) is 5. The van der Waals surface area contributed by atoms with E-state index in [0.29, 0.717) is 18.1 Å². The summed E-state index contributed by atoms with van der Waals surface area (Å²) >= 11 is 1.45. The van der Waals surface area contributed by atoms with E-state index < -0.39 is 22.0 Å². The Hall–Kier alpha value is -1.06. The molecule has 1 atom stereocenters. The van der Waals surface area contributed by atoms with Gasteiger partial charge in [-0.05, 0) is 13.8 Å². The van der Waals surface area contributed by atoms with E-state index in [1.807, 2.05) is 6.92 Å². The third-order valence-corrected chi connectivity index (χ3v) is 6.03. The second-order valence-corrected chi connectivity index (χ2v) is 7.44. The second kappa shape index (κ2) is 5.74. The molecular weight excluding hydrogens is 302 g/mol. The van der Waals surface area contributed by atoms with Gasteiger partial charge in [0.15, 0.2) is 5.03 Å². The van der Waals surface area contributed by atoms with Crippen LogP contribution in [0.2, 0.25) is 0 Å². The predicted molar refractivity (Wildman–Crippen MR) is 75.3 cm³/mol. The van der Waals surface area contributed by atoms with Crippen LogP contribution in [-0.2, 0) is 21.4 Å². The molecule has 1 N–H and O–H groups in total. The number of nitrogens with zero attached hydrogens (tertiary/aromatic N) is 3. The minimum Gasteiger partial charge on any atom is -0.480 e. The molecule has 112 valence electrons. The van der Waals surface area contributed by atoms with E-state index in [-0.39, 0.29) is 17.3 Å². The number of imidazole rings is 1. The van der Waals surface area contributed by atoms with Crippen molar-refractivity contribution in [1.82, 2.24) is 13.9 Å². The number of carboxylic acids is 1. The van der Waals surface area contributed by atoms with E-state index >= 15 is 0 Å². The zero-order valence-electron chi connectivity index (χ0n) is 11.3.